The van der Waals surface area contributed by atoms with E-state index in [2.05, 4.69) is 5.10 Å². The Hall–Kier alpha value is -1.92. The number of ketones is 1. The van der Waals surface area contributed by atoms with Crippen LogP contribution in [-0.4, -0.2) is 48.9 Å². The fraction of sp³-hybridized carbons (Fsp3) is 0.467. The van der Waals surface area contributed by atoms with Crippen LogP contribution in [-0.2, 0) is 9.47 Å². The van der Waals surface area contributed by atoms with Gasteiger partial charge in [-0.05, 0) is 12.1 Å². The van der Waals surface area contributed by atoms with Crippen LogP contribution in [0.1, 0.15) is 23.7 Å². The summed E-state index contributed by atoms with van der Waals surface area (Å²) >= 11 is 0. The minimum absolute atomic E-state index is 0.0882. The molecule has 0 aliphatic heterocycles. The highest BCUT2D eigenvalue weighted by atomic mass is 16.5. The van der Waals surface area contributed by atoms with Crippen LogP contribution in [0.5, 0.6) is 5.75 Å². The summed E-state index contributed by atoms with van der Waals surface area (Å²) in [6.45, 7) is 3.93. The highest BCUT2D eigenvalue weighted by Crippen LogP contribution is 2.17. The van der Waals surface area contributed by atoms with E-state index in [4.69, 9.17) is 14.2 Å². The number of ether oxygens (including phenoxy) is 3. The SMILES string of the molecule is CCC(=O)c1cnn2cc(OCCOCCOC)ccc12. The van der Waals surface area contributed by atoms with Crippen LogP contribution in [0.25, 0.3) is 5.52 Å². The Bertz CT molecular complexity index is 594. The first-order valence-corrected chi connectivity index (χ1v) is 6.96. The van der Waals surface area contributed by atoms with Crippen molar-refractivity contribution in [3.05, 3.63) is 30.1 Å². The Labute approximate surface area is 123 Å². The molecule has 0 aromatic carbocycles. The van der Waals surface area contributed by atoms with E-state index >= 15 is 0 Å². The quantitative estimate of drug-likeness (QED) is 0.522. The molecular weight excluding hydrogens is 272 g/mol. The number of rotatable bonds is 9. The van der Waals surface area contributed by atoms with E-state index in [1.165, 1.54) is 0 Å². The lowest BCUT2D eigenvalue weighted by molar-refractivity contribution is 0.0543. The van der Waals surface area contributed by atoms with E-state index in [1.807, 2.05) is 19.1 Å². The zero-order valence-corrected chi connectivity index (χ0v) is 12.4. The number of hydrogen-bond acceptors (Lipinski definition) is 5. The van der Waals surface area contributed by atoms with Crippen molar-refractivity contribution < 1.29 is 19.0 Å². The zero-order valence-electron chi connectivity index (χ0n) is 12.4. The molecule has 0 amide bonds. The Balaban J connectivity index is 1.92. The van der Waals surface area contributed by atoms with Crippen molar-refractivity contribution in [2.45, 2.75) is 13.3 Å². The molecule has 0 aliphatic rings. The molecule has 21 heavy (non-hydrogen) atoms. The largest absolute Gasteiger partial charge is 0.490 e. The second kappa shape index (κ2) is 7.75. The van der Waals surface area contributed by atoms with Gasteiger partial charge in [0.25, 0.3) is 0 Å². The lowest BCUT2D eigenvalue weighted by Gasteiger charge is -2.07. The van der Waals surface area contributed by atoms with Crippen LogP contribution in [0.4, 0.5) is 0 Å². The van der Waals surface area contributed by atoms with Crippen molar-refractivity contribution in [3.8, 4) is 5.75 Å². The predicted octanol–water partition coefficient (Wildman–Crippen LogP) is 1.97. The first-order valence-electron chi connectivity index (χ1n) is 6.96. The topological polar surface area (TPSA) is 62.1 Å². The second-order valence-corrected chi connectivity index (χ2v) is 4.48. The van der Waals surface area contributed by atoms with Gasteiger partial charge in [-0.25, -0.2) is 4.52 Å². The van der Waals surface area contributed by atoms with Gasteiger partial charge in [0.1, 0.15) is 12.4 Å². The summed E-state index contributed by atoms with van der Waals surface area (Å²) in [7, 11) is 1.64. The second-order valence-electron chi connectivity index (χ2n) is 4.48. The number of pyridine rings is 1. The molecular formula is C15H20N2O4. The van der Waals surface area contributed by atoms with Crippen LogP contribution in [0.2, 0.25) is 0 Å². The standard InChI is InChI=1S/C15H20N2O4/c1-3-15(18)13-10-16-17-11-12(4-5-14(13)17)21-9-8-20-7-6-19-2/h4-5,10-11H,3,6-9H2,1-2H3. The number of hydrogen-bond donors (Lipinski definition) is 0. The summed E-state index contributed by atoms with van der Waals surface area (Å²) in [5, 5.41) is 4.19. The lowest BCUT2D eigenvalue weighted by Crippen LogP contribution is -2.10. The van der Waals surface area contributed by atoms with Crippen molar-refractivity contribution >= 4 is 11.3 Å². The molecule has 0 fully saturated rings. The molecule has 114 valence electrons. The Morgan fingerprint density at radius 2 is 2.05 bits per heavy atom. The first kappa shape index (κ1) is 15.5. The van der Waals surface area contributed by atoms with E-state index in [0.29, 0.717) is 44.2 Å². The normalized spacial score (nSPS) is 11.0. The van der Waals surface area contributed by atoms with Gasteiger partial charge in [0.15, 0.2) is 5.78 Å². The highest BCUT2D eigenvalue weighted by molar-refractivity contribution is 6.01. The van der Waals surface area contributed by atoms with Crippen molar-refractivity contribution in [3.63, 3.8) is 0 Å². The third-order valence-electron chi connectivity index (χ3n) is 3.04. The number of nitrogens with zero attached hydrogens (tertiary/aromatic N) is 2. The fourth-order valence-electron chi connectivity index (χ4n) is 1.92. The minimum atomic E-state index is 0.0882. The number of carbonyl (C=O) groups excluding carboxylic acids is 1. The first-order chi connectivity index (χ1) is 10.3. The summed E-state index contributed by atoms with van der Waals surface area (Å²) in [5.74, 6) is 0.779. The van der Waals surface area contributed by atoms with E-state index < -0.39 is 0 Å². The monoisotopic (exact) mass is 292 g/mol. The average Bonchev–Trinajstić information content (AvgIpc) is 2.93. The summed E-state index contributed by atoms with van der Waals surface area (Å²) in [5.41, 5.74) is 1.44. The Morgan fingerprint density at radius 1 is 1.24 bits per heavy atom. The summed E-state index contributed by atoms with van der Waals surface area (Å²) in [4.78, 5) is 11.8. The lowest BCUT2D eigenvalue weighted by atomic mass is 10.1. The molecule has 0 aliphatic carbocycles. The molecule has 0 saturated heterocycles. The average molecular weight is 292 g/mol. The number of methoxy groups -OCH3 is 1. The van der Waals surface area contributed by atoms with Crippen molar-refractivity contribution in [1.82, 2.24) is 9.61 Å². The van der Waals surface area contributed by atoms with Crippen molar-refractivity contribution in [1.29, 1.82) is 0 Å². The molecule has 2 aromatic heterocycles. The van der Waals surface area contributed by atoms with Gasteiger partial charge in [0.05, 0.1) is 43.3 Å². The number of carbonyl (C=O) groups is 1. The Morgan fingerprint density at radius 3 is 2.81 bits per heavy atom. The van der Waals surface area contributed by atoms with Gasteiger partial charge in [0, 0.05) is 13.5 Å². The van der Waals surface area contributed by atoms with Crippen molar-refractivity contribution in [2.24, 2.45) is 0 Å². The summed E-state index contributed by atoms with van der Waals surface area (Å²) in [6.07, 6.45) is 3.83. The highest BCUT2D eigenvalue weighted by Gasteiger charge is 2.11. The molecule has 2 aromatic rings. The maximum absolute atomic E-state index is 11.8. The predicted molar refractivity (Wildman–Crippen MR) is 78.0 cm³/mol. The fourth-order valence-corrected chi connectivity index (χ4v) is 1.92. The van der Waals surface area contributed by atoms with Crippen LogP contribution in [0.15, 0.2) is 24.5 Å². The van der Waals surface area contributed by atoms with Crippen LogP contribution < -0.4 is 4.74 Å². The molecule has 2 rings (SSSR count). The van der Waals surface area contributed by atoms with Gasteiger partial charge in [-0.3, -0.25) is 4.79 Å². The number of Topliss-reactive ketones (excluding diaryl/α,β-unsaturated/α-hetero) is 1. The van der Waals surface area contributed by atoms with Crippen LogP contribution >= 0.6 is 0 Å². The summed E-state index contributed by atoms with van der Waals surface area (Å²) < 4.78 is 17.4. The van der Waals surface area contributed by atoms with Crippen LogP contribution in [0, 0.1) is 0 Å². The van der Waals surface area contributed by atoms with Gasteiger partial charge in [0.2, 0.25) is 0 Å². The number of fused-ring (bicyclic) bond motifs is 1. The van der Waals surface area contributed by atoms with Gasteiger partial charge in [-0.2, -0.15) is 5.10 Å². The molecule has 6 heteroatoms. The molecule has 2 heterocycles. The Kier molecular flexibility index (Phi) is 5.71. The van der Waals surface area contributed by atoms with Gasteiger partial charge in [-0.1, -0.05) is 6.92 Å². The molecule has 6 nitrogen and oxygen atoms in total. The smallest absolute Gasteiger partial charge is 0.166 e. The van der Waals surface area contributed by atoms with Crippen molar-refractivity contribution in [2.75, 3.05) is 33.5 Å². The molecule has 0 spiro atoms. The third-order valence-corrected chi connectivity index (χ3v) is 3.04. The molecule has 0 radical (unpaired) electrons. The van der Waals surface area contributed by atoms with Crippen LogP contribution in [0.3, 0.4) is 0 Å². The molecule has 0 atom stereocenters. The maximum atomic E-state index is 11.8. The maximum Gasteiger partial charge on any atom is 0.166 e. The van der Waals surface area contributed by atoms with E-state index in [9.17, 15) is 4.79 Å². The molecule has 0 bridgehead atoms. The third kappa shape index (κ3) is 4.03. The van der Waals surface area contributed by atoms with Gasteiger partial charge >= 0.3 is 0 Å². The molecule has 0 unspecified atom stereocenters. The zero-order chi connectivity index (χ0) is 15.1. The minimum Gasteiger partial charge on any atom is -0.490 e. The molecule has 0 N–H and O–H groups in total. The molecule has 0 saturated carbocycles. The van der Waals surface area contributed by atoms with E-state index in [1.54, 1.807) is 24.0 Å². The van der Waals surface area contributed by atoms with E-state index in [0.717, 1.165) is 5.52 Å². The van der Waals surface area contributed by atoms with Gasteiger partial charge in [-0.15, -0.1) is 0 Å². The van der Waals surface area contributed by atoms with E-state index in [-0.39, 0.29) is 5.78 Å². The number of aromatic nitrogens is 2. The summed E-state index contributed by atoms with van der Waals surface area (Å²) in [6, 6.07) is 3.68. The van der Waals surface area contributed by atoms with Gasteiger partial charge < -0.3 is 14.2 Å².